The molecule has 28 heavy (non-hydrogen) atoms. The number of carbonyl (C=O) groups is 1. The Morgan fingerprint density at radius 1 is 1.00 bits per heavy atom. The fraction of sp³-hybridized carbons (Fsp3) is 0.238. The Labute approximate surface area is 168 Å². The number of aromatic nitrogens is 1. The summed E-state index contributed by atoms with van der Waals surface area (Å²) < 4.78 is 16.0. The number of hydrogen-bond acceptors (Lipinski definition) is 6. The Balaban J connectivity index is 1.73. The van der Waals surface area contributed by atoms with Crippen LogP contribution in [0.2, 0.25) is 0 Å². The Bertz CT molecular complexity index is 967. The number of thiazole rings is 1. The van der Waals surface area contributed by atoms with Crippen LogP contribution in [0.1, 0.15) is 21.6 Å². The molecule has 6 nitrogen and oxygen atoms in total. The third-order valence-electron chi connectivity index (χ3n) is 4.26. The fourth-order valence-corrected chi connectivity index (χ4v) is 3.51. The molecule has 0 radical (unpaired) electrons. The zero-order valence-corrected chi connectivity index (χ0v) is 17.1. The average molecular weight is 398 g/mol. The van der Waals surface area contributed by atoms with Crippen molar-refractivity contribution in [1.82, 2.24) is 10.3 Å². The number of ether oxygens (including phenoxy) is 3. The van der Waals surface area contributed by atoms with Gasteiger partial charge in [0, 0.05) is 29.1 Å². The second-order valence-electron chi connectivity index (χ2n) is 6.11. The van der Waals surface area contributed by atoms with E-state index in [0.29, 0.717) is 22.9 Å². The number of aryl methyl sites for hydroxylation is 1. The lowest BCUT2D eigenvalue weighted by atomic mass is 10.1. The van der Waals surface area contributed by atoms with Crippen LogP contribution in [-0.4, -0.2) is 32.2 Å². The van der Waals surface area contributed by atoms with E-state index >= 15 is 0 Å². The number of methoxy groups -OCH3 is 3. The summed E-state index contributed by atoms with van der Waals surface area (Å²) in [5.74, 6) is 1.50. The molecule has 146 valence electrons. The van der Waals surface area contributed by atoms with E-state index < -0.39 is 0 Å². The molecule has 1 amide bonds. The maximum Gasteiger partial charge on any atom is 0.271 e. The highest BCUT2D eigenvalue weighted by molar-refractivity contribution is 7.13. The molecule has 7 heteroatoms. The summed E-state index contributed by atoms with van der Waals surface area (Å²) in [6.07, 6.45) is 0. The topological polar surface area (TPSA) is 69.7 Å². The van der Waals surface area contributed by atoms with Gasteiger partial charge < -0.3 is 19.5 Å². The quantitative estimate of drug-likeness (QED) is 0.650. The SMILES string of the molecule is COc1cc(OC)c(OC)cc1CNC(=O)c1csc(-c2ccc(C)cc2)n1. The number of amides is 1. The molecule has 0 aliphatic rings. The summed E-state index contributed by atoms with van der Waals surface area (Å²) in [6, 6.07) is 11.6. The molecule has 0 bridgehead atoms. The summed E-state index contributed by atoms with van der Waals surface area (Å²) >= 11 is 1.44. The zero-order valence-electron chi connectivity index (χ0n) is 16.2. The van der Waals surface area contributed by atoms with E-state index in [4.69, 9.17) is 14.2 Å². The van der Waals surface area contributed by atoms with Crippen molar-refractivity contribution in [2.75, 3.05) is 21.3 Å². The van der Waals surface area contributed by atoms with Gasteiger partial charge in [0.1, 0.15) is 16.5 Å². The van der Waals surface area contributed by atoms with Crippen LogP contribution in [0.5, 0.6) is 17.2 Å². The molecular weight excluding hydrogens is 376 g/mol. The predicted octanol–water partition coefficient (Wildman–Crippen LogP) is 4.07. The van der Waals surface area contributed by atoms with Gasteiger partial charge in [-0.05, 0) is 13.0 Å². The number of nitrogens with zero attached hydrogens (tertiary/aromatic N) is 1. The molecule has 3 rings (SSSR count). The van der Waals surface area contributed by atoms with Gasteiger partial charge in [-0.1, -0.05) is 29.8 Å². The molecule has 0 unspecified atom stereocenters. The molecular formula is C21H22N2O4S. The highest BCUT2D eigenvalue weighted by atomic mass is 32.1. The molecule has 1 N–H and O–H groups in total. The number of benzene rings is 2. The first-order valence-corrected chi connectivity index (χ1v) is 9.53. The van der Waals surface area contributed by atoms with Crippen LogP contribution in [0.25, 0.3) is 10.6 Å². The van der Waals surface area contributed by atoms with Gasteiger partial charge in [0.25, 0.3) is 5.91 Å². The minimum Gasteiger partial charge on any atom is -0.496 e. The molecule has 0 saturated heterocycles. The van der Waals surface area contributed by atoms with E-state index in [2.05, 4.69) is 10.3 Å². The van der Waals surface area contributed by atoms with Gasteiger partial charge in [-0.3, -0.25) is 4.79 Å². The van der Waals surface area contributed by atoms with Gasteiger partial charge in [-0.15, -0.1) is 11.3 Å². The molecule has 0 aliphatic carbocycles. The summed E-state index contributed by atoms with van der Waals surface area (Å²) in [5, 5.41) is 5.46. The largest absolute Gasteiger partial charge is 0.496 e. The third kappa shape index (κ3) is 4.26. The van der Waals surface area contributed by atoms with Crippen LogP contribution >= 0.6 is 11.3 Å². The minimum absolute atomic E-state index is 0.244. The fourth-order valence-electron chi connectivity index (χ4n) is 2.70. The van der Waals surface area contributed by atoms with Crippen molar-refractivity contribution < 1.29 is 19.0 Å². The van der Waals surface area contributed by atoms with Crippen molar-refractivity contribution in [2.45, 2.75) is 13.5 Å². The van der Waals surface area contributed by atoms with E-state index in [-0.39, 0.29) is 12.5 Å². The zero-order chi connectivity index (χ0) is 20.1. The van der Waals surface area contributed by atoms with Crippen LogP contribution < -0.4 is 19.5 Å². The molecule has 0 spiro atoms. The van der Waals surface area contributed by atoms with E-state index in [0.717, 1.165) is 16.1 Å². The monoisotopic (exact) mass is 398 g/mol. The van der Waals surface area contributed by atoms with Crippen molar-refractivity contribution in [2.24, 2.45) is 0 Å². The van der Waals surface area contributed by atoms with Crippen molar-refractivity contribution >= 4 is 17.2 Å². The highest BCUT2D eigenvalue weighted by Crippen LogP contribution is 2.34. The van der Waals surface area contributed by atoms with Gasteiger partial charge in [0.05, 0.1) is 21.3 Å². The van der Waals surface area contributed by atoms with Crippen molar-refractivity contribution in [3.63, 3.8) is 0 Å². The third-order valence-corrected chi connectivity index (χ3v) is 5.15. The Kier molecular flexibility index (Phi) is 6.16. The minimum atomic E-state index is -0.244. The average Bonchev–Trinajstić information content (AvgIpc) is 3.22. The number of hydrogen-bond donors (Lipinski definition) is 1. The second-order valence-corrected chi connectivity index (χ2v) is 6.96. The first kappa shape index (κ1) is 19.7. The first-order valence-electron chi connectivity index (χ1n) is 8.65. The lowest BCUT2D eigenvalue weighted by Crippen LogP contribution is -2.23. The number of rotatable bonds is 7. The normalized spacial score (nSPS) is 10.4. The standard InChI is InChI=1S/C21H22N2O4S/c1-13-5-7-14(8-6-13)21-23-16(12-28-21)20(24)22-11-15-9-18(26-3)19(27-4)10-17(15)25-2/h5-10,12H,11H2,1-4H3,(H,22,24). The van der Waals surface area contributed by atoms with Crippen molar-refractivity contribution in [3.8, 4) is 27.8 Å². The maximum atomic E-state index is 12.5. The van der Waals surface area contributed by atoms with Crippen molar-refractivity contribution in [1.29, 1.82) is 0 Å². The van der Waals surface area contributed by atoms with E-state index in [1.807, 2.05) is 31.2 Å². The molecule has 1 heterocycles. The highest BCUT2D eigenvalue weighted by Gasteiger charge is 2.15. The lowest BCUT2D eigenvalue weighted by molar-refractivity contribution is 0.0946. The lowest BCUT2D eigenvalue weighted by Gasteiger charge is -2.14. The molecule has 0 aliphatic heterocycles. The van der Waals surface area contributed by atoms with Gasteiger partial charge in [-0.25, -0.2) is 4.98 Å². The second kappa shape index (κ2) is 8.75. The van der Waals surface area contributed by atoms with E-state index in [9.17, 15) is 4.79 Å². The van der Waals surface area contributed by atoms with Crippen LogP contribution in [0.4, 0.5) is 0 Å². The molecule has 1 aromatic heterocycles. The molecule has 0 saturated carbocycles. The Hall–Kier alpha value is -3.06. The smallest absolute Gasteiger partial charge is 0.271 e. The van der Waals surface area contributed by atoms with E-state index in [1.165, 1.54) is 16.9 Å². The van der Waals surface area contributed by atoms with Crippen LogP contribution in [0, 0.1) is 6.92 Å². The summed E-state index contributed by atoms with van der Waals surface area (Å²) in [5.41, 5.74) is 3.35. The molecule has 0 fully saturated rings. The number of carbonyl (C=O) groups excluding carboxylic acids is 1. The molecule has 2 aromatic carbocycles. The van der Waals surface area contributed by atoms with Gasteiger partial charge in [0.15, 0.2) is 11.5 Å². The summed E-state index contributed by atoms with van der Waals surface area (Å²) in [6.45, 7) is 2.31. The summed E-state index contributed by atoms with van der Waals surface area (Å²) in [7, 11) is 4.70. The first-order chi connectivity index (χ1) is 13.5. The van der Waals surface area contributed by atoms with Crippen LogP contribution in [-0.2, 0) is 6.54 Å². The molecule has 0 atom stereocenters. The van der Waals surface area contributed by atoms with Gasteiger partial charge >= 0.3 is 0 Å². The van der Waals surface area contributed by atoms with Crippen LogP contribution in [0.15, 0.2) is 41.8 Å². The Morgan fingerprint density at radius 2 is 1.64 bits per heavy atom. The van der Waals surface area contributed by atoms with E-state index in [1.54, 1.807) is 38.8 Å². The predicted molar refractivity (Wildman–Crippen MR) is 110 cm³/mol. The Morgan fingerprint density at radius 3 is 2.29 bits per heavy atom. The van der Waals surface area contributed by atoms with Gasteiger partial charge in [0.2, 0.25) is 0 Å². The number of nitrogens with one attached hydrogen (secondary N) is 1. The summed E-state index contributed by atoms with van der Waals surface area (Å²) in [4.78, 5) is 17.0. The maximum absolute atomic E-state index is 12.5. The van der Waals surface area contributed by atoms with Crippen LogP contribution in [0.3, 0.4) is 0 Å². The van der Waals surface area contributed by atoms with Crippen molar-refractivity contribution in [3.05, 3.63) is 58.6 Å². The van der Waals surface area contributed by atoms with Gasteiger partial charge in [-0.2, -0.15) is 0 Å². The molecule has 3 aromatic rings.